The van der Waals surface area contributed by atoms with Gasteiger partial charge >= 0.3 is 7.12 Å². The third kappa shape index (κ3) is 2.75. The van der Waals surface area contributed by atoms with Gasteiger partial charge < -0.3 is 9.31 Å². The van der Waals surface area contributed by atoms with E-state index in [1.165, 1.54) is 12.1 Å². The van der Waals surface area contributed by atoms with Crippen molar-refractivity contribution in [2.24, 2.45) is 0 Å². The lowest BCUT2D eigenvalue weighted by Crippen LogP contribution is -2.41. The Balaban J connectivity index is 2.38. The van der Waals surface area contributed by atoms with Crippen LogP contribution >= 0.6 is 11.6 Å². The molecule has 0 radical (unpaired) electrons. The minimum Gasteiger partial charge on any atom is -0.399 e. The zero-order chi connectivity index (χ0) is 15.1. The summed E-state index contributed by atoms with van der Waals surface area (Å²) >= 11 is 5.78. The van der Waals surface area contributed by atoms with Gasteiger partial charge in [0.2, 0.25) is 0 Å². The van der Waals surface area contributed by atoms with E-state index < -0.39 is 24.4 Å². The fourth-order valence-corrected chi connectivity index (χ4v) is 2.05. The number of hydrogen-bond donors (Lipinski definition) is 0. The van der Waals surface area contributed by atoms with Gasteiger partial charge in [-0.15, -0.1) is 0 Å². The molecular formula is C14H16BClF2O2. The Bertz CT molecular complexity index is 521. The van der Waals surface area contributed by atoms with E-state index in [1.54, 1.807) is 12.1 Å². The summed E-state index contributed by atoms with van der Waals surface area (Å²) in [4.78, 5) is 0. The maximum absolute atomic E-state index is 13.3. The van der Waals surface area contributed by atoms with Crippen LogP contribution in [0.2, 0.25) is 5.02 Å². The number of rotatable bonds is 2. The second-order valence-corrected chi connectivity index (χ2v) is 6.21. The highest BCUT2D eigenvalue weighted by atomic mass is 35.5. The van der Waals surface area contributed by atoms with Crippen molar-refractivity contribution >= 4 is 24.2 Å². The molecule has 0 aliphatic carbocycles. The Morgan fingerprint density at radius 2 is 1.45 bits per heavy atom. The molecule has 1 aliphatic heterocycles. The highest BCUT2D eigenvalue weighted by Crippen LogP contribution is 2.41. The fourth-order valence-electron chi connectivity index (χ4n) is 1.92. The standard InChI is InChI=1S/C14H16BClF2O2/c1-13(2)14(3,4)20-15(19-13)11(12(17)18)9-5-7-10(16)8-6-9/h5-8H,1-4H3. The van der Waals surface area contributed by atoms with Gasteiger partial charge in [0.15, 0.2) is 0 Å². The van der Waals surface area contributed by atoms with Crippen molar-refractivity contribution in [3.63, 3.8) is 0 Å². The van der Waals surface area contributed by atoms with Crippen molar-refractivity contribution in [2.75, 3.05) is 0 Å². The van der Waals surface area contributed by atoms with Gasteiger partial charge in [0.25, 0.3) is 6.08 Å². The van der Waals surface area contributed by atoms with E-state index in [4.69, 9.17) is 20.9 Å². The molecule has 0 aromatic heterocycles. The highest BCUT2D eigenvalue weighted by Gasteiger charge is 2.53. The molecule has 0 atom stereocenters. The summed E-state index contributed by atoms with van der Waals surface area (Å²) in [5.41, 5.74) is -1.23. The van der Waals surface area contributed by atoms with Crippen LogP contribution in [0.5, 0.6) is 0 Å². The molecule has 2 rings (SSSR count). The third-order valence-corrected chi connectivity index (χ3v) is 4.10. The van der Waals surface area contributed by atoms with E-state index in [0.717, 1.165) is 0 Å². The SMILES string of the molecule is CC1(C)OB(C(=C(F)F)c2ccc(Cl)cc2)OC1(C)C. The number of hydrogen-bond acceptors (Lipinski definition) is 2. The summed E-state index contributed by atoms with van der Waals surface area (Å²) in [5, 5.41) is 0.487. The van der Waals surface area contributed by atoms with Gasteiger partial charge in [-0.3, -0.25) is 0 Å². The molecule has 0 N–H and O–H groups in total. The molecule has 1 saturated heterocycles. The summed E-state index contributed by atoms with van der Waals surface area (Å²) in [6.45, 7) is 7.29. The topological polar surface area (TPSA) is 18.5 Å². The van der Waals surface area contributed by atoms with Gasteiger partial charge in [0, 0.05) is 5.02 Å². The molecule has 1 aromatic rings. The molecule has 0 saturated carbocycles. The van der Waals surface area contributed by atoms with Crippen LogP contribution in [0.1, 0.15) is 33.3 Å². The van der Waals surface area contributed by atoms with Crippen molar-refractivity contribution in [3.05, 3.63) is 40.9 Å². The molecule has 0 bridgehead atoms. The first-order chi connectivity index (χ1) is 9.14. The van der Waals surface area contributed by atoms with Crippen molar-refractivity contribution in [1.82, 2.24) is 0 Å². The zero-order valence-corrected chi connectivity index (χ0v) is 12.6. The minimum absolute atomic E-state index is 0.250. The molecule has 0 unspecified atom stereocenters. The molecule has 2 nitrogen and oxygen atoms in total. The van der Waals surface area contributed by atoms with E-state index in [2.05, 4.69) is 0 Å². The maximum Gasteiger partial charge on any atom is 0.501 e. The van der Waals surface area contributed by atoms with E-state index >= 15 is 0 Å². The molecule has 6 heteroatoms. The minimum atomic E-state index is -1.81. The van der Waals surface area contributed by atoms with Crippen LogP contribution in [0.3, 0.4) is 0 Å². The summed E-state index contributed by atoms with van der Waals surface area (Å²) < 4.78 is 38.0. The monoisotopic (exact) mass is 300 g/mol. The van der Waals surface area contributed by atoms with Crippen LogP contribution in [-0.4, -0.2) is 18.3 Å². The first-order valence-electron chi connectivity index (χ1n) is 6.31. The Kier molecular flexibility index (Phi) is 3.97. The molecule has 1 aliphatic rings. The van der Waals surface area contributed by atoms with Crippen LogP contribution in [0.15, 0.2) is 30.3 Å². The molecule has 1 aromatic carbocycles. The normalized spacial score (nSPS) is 20.1. The zero-order valence-electron chi connectivity index (χ0n) is 11.8. The summed E-state index contributed by atoms with van der Waals surface area (Å²) in [5.74, 6) is 0. The van der Waals surface area contributed by atoms with E-state index in [1.807, 2.05) is 27.7 Å². The predicted octanol–water partition coefficient (Wildman–Crippen LogP) is 4.58. The van der Waals surface area contributed by atoms with Crippen molar-refractivity contribution in [1.29, 1.82) is 0 Å². The second-order valence-electron chi connectivity index (χ2n) is 5.77. The Labute approximate surface area is 122 Å². The lowest BCUT2D eigenvalue weighted by molar-refractivity contribution is 0.00578. The Morgan fingerprint density at radius 1 is 1.00 bits per heavy atom. The number of halogens is 3. The Hall–Kier alpha value is -0.905. The summed E-state index contributed by atoms with van der Waals surface area (Å²) in [6.07, 6.45) is -1.81. The lowest BCUT2D eigenvalue weighted by Gasteiger charge is -2.32. The lowest BCUT2D eigenvalue weighted by atomic mass is 9.75. The van der Waals surface area contributed by atoms with Crippen LogP contribution in [-0.2, 0) is 9.31 Å². The first kappa shape index (κ1) is 15.5. The van der Waals surface area contributed by atoms with Crippen LogP contribution in [0.4, 0.5) is 8.78 Å². The van der Waals surface area contributed by atoms with Crippen LogP contribution in [0.25, 0.3) is 5.47 Å². The van der Waals surface area contributed by atoms with E-state index in [-0.39, 0.29) is 5.47 Å². The van der Waals surface area contributed by atoms with Gasteiger partial charge in [0.05, 0.1) is 16.7 Å². The van der Waals surface area contributed by atoms with E-state index in [9.17, 15) is 8.78 Å². The first-order valence-corrected chi connectivity index (χ1v) is 6.68. The average molecular weight is 301 g/mol. The summed E-state index contributed by atoms with van der Waals surface area (Å²) in [6, 6.07) is 6.18. The second kappa shape index (κ2) is 5.13. The van der Waals surface area contributed by atoms with Gasteiger partial charge in [-0.25, -0.2) is 0 Å². The smallest absolute Gasteiger partial charge is 0.399 e. The quantitative estimate of drug-likeness (QED) is 0.744. The molecule has 0 spiro atoms. The predicted molar refractivity (Wildman–Crippen MR) is 76.7 cm³/mol. The summed E-state index contributed by atoms with van der Waals surface area (Å²) in [7, 11) is -1.09. The van der Waals surface area contributed by atoms with Gasteiger partial charge in [-0.05, 0) is 45.4 Å². The van der Waals surface area contributed by atoms with Crippen LogP contribution < -0.4 is 0 Å². The van der Waals surface area contributed by atoms with Gasteiger partial charge in [-0.1, -0.05) is 23.7 Å². The largest absolute Gasteiger partial charge is 0.501 e. The van der Waals surface area contributed by atoms with Gasteiger partial charge in [0.1, 0.15) is 0 Å². The molecule has 20 heavy (non-hydrogen) atoms. The molecule has 0 amide bonds. The molecular weight excluding hydrogens is 284 g/mol. The average Bonchev–Trinajstić information content (AvgIpc) is 2.50. The highest BCUT2D eigenvalue weighted by molar-refractivity contribution is 6.69. The van der Waals surface area contributed by atoms with E-state index in [0.29, 0.717) is 10.6 Å². The van der Waals surface area contributed by atoms with Crippen molar-refractivity contribution < 1.29 is 18.1 Å². The third-order valence-electron chi connectivity index (χ3n) is 3.85. The fraction of sp³-hybridized carbons (Fsp3) is 0.429. The van der Waals surface area contributed by atoms with Crippen molar-refractivity contribution in [2.45, 2.75) is 38.9 Å². The number of benzene rings is 1. The molecule has 1 fully saturated rings. The molecule has 1 heterocycles. The molecule has 108 valence electrons. The van der Waals surface area contributed by atoms with Crippen molar-refractivity contribution in [3.8, 4) is 0 Å². The van der Waals surface area contributed by atoms with Gasteiger partial charge in [-0.2, -0.15) is 8.78 Å². The van der Waals surface area contributed by atoms with Crippen LogP contribution in [0, 0.1) is 0 Å². The Morgan fingerprint density at radius 3 is 1.85 bits per heavy atom. The maximum atomic E-state index is 13.3.